The van der Waals surface area contributed by atoms with E-state index in [-0.39, 0.29) is 24.4 Å². The smallest absolute Gasteiger partial charge is 0.220 e. The molecule has 1 unspecified atom stereocenters. The minimum Gasteiger partial charge on any atom is -0.353 e. The van der Waals surface area contributed by atoms with Crippen molar-refractivity contribution in [2.24, 2.45) is 5.73 Å². The van der Waals surface area contributed by atoms with Crippen LogP contribution in [0.25, 0.3) is 0 Å². The number of aryl methyl sites for hydroxylation is 2. The average molecular weight is 285 g/mol. The third-order valence-corrected chi connectivity index (χ3v) is 3.04. The van der Waals surface area contributed by atoms with Crippen LogP contribution in [0.4, 0.5) is 0 Å². The minimum atomic E-state index is 0. The van der Waals surface area contributed by atoms with Gasteiger partial charge in [0.1, 0.15) is 0 Å². The quantitative estimate of drug-likeness (QED) is 0.843. The van der Waals surface area contributed by atoms with Gasteiger partial charge in [0.15, 0.2) is 0 Å². The normalized spacial score (nSPS) is 11.6. The summed E-state index contributed by atoms with van der Waals surface area (Å²) >= 11 is 0. The van der Waals surface area contributed by atoms with Gasteiger partial charge in [-0.1, -0.05) is 23.8 Å². The summed E-state index contributed by atoms with van der Waals surface area (Å²) in [7, 11) is 0. The highest BCUT2D eigenvalue weighted by Gasteiger charge is 2.09. The van der Waals surface area contributed by atoms with Gasteiger partial charge in [0.05, 0.1) is 0 Å². The molecule has 3 N–H and O–H groups in total. The van der Waals surface area contributed by atoms with Crippen molar-refractivity contribution in [1.82, 2.24) is 5.32 Å². The van der Waals surface area contributed by atoms with Gasteiger partial charge in [-0.05, 0) is 51.3 Å². The third kappa shape index (κ3) is 6.60. The fourth-order valence-electron chi connectivity index (χ4n) is 2.07. The number of hydrogen-bond donors (Lipinski definition) is 2. The van der Waals surface area contributed by atoms with Gasteiger partial charge in [-0.25, -0.2) is 0 Å². The van der Waals surface area contributed by atoms with Gasteiger partial charge in [0, 0.05) is 12.5 Å². The summed E-state index contributed by atoms with van der Waals surface area (Å²) in [6.07, 6.45) is 2.15. The Bertz CT molecular complexity index is 407. The van der Waals surface area contributed by atoms with E-state index in [0.717, 1.165) is 12.8 Å². The number of nitrogens with two attached hydrogens (primary N) is 1. The number of amides is 1. The zero-order valence-electron chi connectivity index (χ0n) is 12.0. The Labute approximate surface area is 122 Å². The SMILES string of the molecule is Cc1ccc(CC(C)NC(=O)CCCN)c(C)c1.Cl. The fourth-order valence-corrected chi connectivity index (χ4v) is 2.07. The van der Waals surface area contributed by atoms with E-state index in [4.69, 9.17) is 5.73 Å². The van der Waals surface area contributed by atoms with E-state index in [1.165, 1.54) is 16.7 Å². The van der Waals surface area contributed by atoms with Gasteiger partial charge < -0.3 is 11.1 Å². The molecule has 0 aliphatic heterocycles. The Hall–Kier alpha value is -1.06. The number of rotatable bonds is 6. The number of hydrogen-bond acceptors (Lipinski definition) is 2. The highest BCUT2D eigenvalue weighted by atomic mass is 35.5. The van der Waals surface area contributed by atoms with Gasteiger partial charge in [-0.2, -0.15) is 0 Å². The zero-order valence-corrected chi connectivity index (χ0v) is 12.8. The molecule has 0 radical (unpaired) electrons. The molecule has 108 valence electrons. The third-order valence-electron chi connectivity index (χ3n) is 3.04. The molecule has 0 spiro atoms. The molecule has 1 aromatic carbocycles. The lowest BCUT2D eigenvalue weighted by Crippen LogP contribution is -2.34. The molecule has 0 aliphatic carbocycles. The lowest BCUT2D eigenvalue weighted by Gasteiger charge is -2.15. The summed E-state index contributed by atoms with van der Waals surface area (Å²) in [6, 6.07) is 6.60. The molecule has 3 nitrogen and oxygen atoms in total. The molecule has 1 atom stereocenters. The molecule has 0 fully saturated rings. The van der Waals surface area contributed by atoms with Crippen molar-refractivity contribution in [3.63, 3.8) is 0 Å². The van der Waals surface area contributed by atoms with Crippen LogP contribution in [-0.4, -0.2) is 18.5 Å². The van der Waals surface area contributed by atoms with E-state index in [1.807, 2.05) is 6.92 Å². The van der Waals surface area contributed by atoms with E-state index in [9.17, 15) is 4.79 Å². The van der Waals surface area contributed by atoms with Gasteiger partial charge in [0.2, 0.25) is 5.91 Å². The van der Waals surface area contributed by atoms with Crippen molar-refractivity contribution in [3.05, 3.63) is 34.9 Å². The number of halogens is 1. The van der Waals surface area contributed by atoms with Crippen molar-refractivity contribution in [3.8, 4) is 0 Å². The molecule has 19 heavy (non-hydrogen) atoms. The Morgan fingerprint density at radius 3 is 2.63 bits per heavy atom. The van der Waals surface area contributed by atoms with Crippen molar-refractivity contribution >= 4 is 18.3 Å². The largest absolute Gasteiger partial charge is 0.353 e. The maximum atomic E-state index is 11.6. The monoisotopic (exact) mass is 284 g/mol. The van der Waals surface area contributed by atoms with Crippen LogP contribution in [0.1, 0.15) is 36.5 Å². The Morgan fingerprint density at radius 1 is 1.37 bits per heavy atom. The first-order valence-corrected chi connectivity index (χ1v) is 6.58. The zero-order chi connectivity index (χ0) is 13.5. The van der Waals surface area contributed by atoms with Crippen molar-refractivity contribution in [2.75, 3.05) is 6.54 Å². The van der Waals surface area contributed by atoms with Crippen molar-refractivity contribution in [2.45, 2.75) is 46.1 Å². The first-order valence-electron chi connectivity index (χ1n) is 6.58. The van der Waals surface area contributed by atoms with Crippen LogP contribution in [0.3, 0.4) is 0 Å². The molecular formula is C15H25ClN2O. The first kappa shape index (κ1) is 17.9. The maximum absolute atomic E-state index is 11.6. The molecule has 0 bridgehead atoms. The Kier molecular flexibility index (Phi) is 8.44. The van der Waals surface area contributed by atoms with Crippen LogP contribution in [0.15, 0.2) is 18.2 Å². The van der Waals surface area contributed by atoms with Gasteiger partial charge >= 0.3 is 0 Å². The predicted molar refractivity (Wildman–Crippen MR) is 82.8 cm³/mol. The summed E-state index contributed by atoms with van der Waals surface area (Å²) in [6.45, 7) is 6.82. The minimum absolute atomic E-state index is 0. The van der Waals surface area contributed by atoms with Gasteiger partial charge in [0.25, 0.3) is 0 Å². The molecule has 0 aromatic heterocycles. The summed E-state index contributed by atoms with van der Waals surface area (Å²) in [4.78, 5) is 11.6. The Morgan fingerprint density at radius 2 is 2.05 bits per heavy atom. The molecule has 0 aliphatic rings. The highest BCUT2D eigenvalue weighted by Crippen LogP contribution is 2.12. The average Bonchev–Trinajstić information content (AvgIpc) is 2.30. The highest BCUT2D eigenvalue weighted by molar-refractivity contribution is 5.85. The number of carbonyl (C=O) groups excluding carboxylic acids is 1. The molecule has 1 aromatic rings. The van der Waals surface area contributed by atoms with E-state index in [1.54, 1.807) is 0 Å². The molecule has 0 heterocycles. The van der Waals surface area contributed by atoms with Crippen LogP contribution >= 0.6 is 12.4 Å². The molecule has 1 amide bonds. The molecule has 1 rings (SSSR count). The molecule has 0 saturated heterocycles. The van der Waals surface area contributed by atoms with Crippen molar-refractivity contribution < 1.29 is 4.79 Å². The van der Waals surface area contributed by atoms with Crippen LogP contribution in [0, 0.1) is 13.8 Å². The molecule has 0 saturated carbocycles. The molecular weight excluding hydrogens is 260 g/mol. The summed E-state index contributed by atoms with van der Waals surface area (Å²) in [5, 5.41) is 3.01. The predicted octanol–water partition coefficient (Wildman–Crippen LogP) is 2.51. The second kappa shape index (κ2) is 8.94. The summed E-state index contributed by atoms with van der Waals surface area (Å²) < 4.78 is 0. The fraction of sp³-hybridized carbons (Fsp3) is 0.533. The second-order valence-electron chi connectivity index (χ2n) is 4.99. The lowest BCUT2D eigenvalue weighted by molar-refractivity contribution is -0.121. The first-order chi connectivity index (χ1) is 8.52. The lowest BCUT2D eigenvalue weighted by atomic mass is 10.00. The van der Waals surface area contributed by atoms with Crippen LogP contribution in [0.5, 0.6) is 0 Å². The van der Waals surface area contributed by atoms with Crippen LogP contribution in [0.2, 0.25) is 0 Å². The molecule has 4 heteroatoms. The second-order valence-corrected chi connectivity index (χ2v) is 4.99. The standard InChI is InChI=1S/C15H24N2O.ClH/c1-11-6-7-14(12(2)9-11)10-13(3)17-15(18)5-4-8-16;/h6-7,9,13H,4-5,8,10,16H2,1-3H3,(H,17,18);1H. The van der Waals surface area contributed by atoms with E-state index >= 15 is 0 Å². The van der Waals surface area contributed by atoms with E-state index in [0.29, 0.717) is 13.0 Å². The van der Waals surface area contributed by atoms with Crippen LogP contribution < -0.4 is 11.1 Å². The Balaban J connectivity index is 0.00000324. The van der Waals surface area contributed by atoms with Gasteiger partial charge in [-0.15, -0.1) is 12.4 Å². The van der Waals surface area contributed by atoms with E-state index < -0.39 is 0 Å². The summed E-state index contributed by atoms with van der Waals surface area (Å²) in [5.41, 5.74) is 9.25. The van der Waals surface area contributed by atoms with E-state index in [2.05, 4.69) is 37.4 Å². The maximum Gasteiger partial charge on any atom is 0.220 e. The summed E-state index contributed by atoms with van der Waals surface area (Å²) in [5.74, 6) is 0.0951. The van der Waals surface area contributed by atoms with Crippen molar-refractivity contribution in [1.29, 1.82) is 0 Å². The van der Waals surface area contributed by atoms with Crippen LogP contribution in [-0.2, 0) is 11.2 Å². The number of carbonyl (C=O) groups is 1. The van der Waals surface area contributed by atoms with Gasteiger partial charge in [-0.3, -0.25) is 4.79 Å². The number of benzene rings is 1. The topological polar surface area (TPSA) is 55.1 Å². The number of nitrogens with one attached hydrogen (secondary N) is 1.